The number of nitrogens with one attached hydrogen (secondary N) is 1. The zero-order valence-electron chi connectivity index (χ0n) is 9.86. The summed E-state index contributed by atoms with van der Waals surface area (Å²) in [6.45, 7) is 0.788. The molecule has 1 aliphatic rings. The van der Waals surface area contributed by atoms with Crippen molar-refractivity contribution in [3.05, 3.63) is 64.1 Å². The molecule has 0 unspecified atom stereocenters. The third kappa shape index (κ3) is 2.06. The summed E-state index contributed by atoms with van der Waals surface area (Å²) < 4.78 is 1.06. The van der Waals surface area contributed by atoms with E-state index in [2.05, 4.69) is 39.0 Å². The van der Waals surface area contributed by atoms with Gasteiger partial charge in [-0.1, -0.05) is 40.2 Å². The molecule has 0 saturated heterocycles. The molecule has 0 aromatic heterocycles. The van der Waals surface area contributed by atoms with E-state index in [9.17, 15) is 0 Å². The van der Waals surface area contributed by atoms with E-state index in [1.807, 2.05) is 30.3 Å². The Labute approximate surface area is 115 Å². The lowest BCUT2D eigenvalue weighted by Gasteiger charge is -2.31. The number of nitrogens with zero attached hydrogens (tertiary/aromatic N) is 1. The van der Waals surface area contributed by atoms with Gasteiger partial charge in [0.15, 0.2) is 0 Å². The van der Waals surface area contributed by atoms with E-state index < -0.39 is 0 Å². The Morgan fingerprint density at radius 1 is 0.944 bits per heavy atom. The molecule has 1 N–H and O–H groups in total. The second kappa shape index (κ2) is 4.58. The first-order chi connectivity index (χ1) is 8.74. The van der Waals surface area contributed by atoms with Crippen LogP contribution in [0.5, 0.6) is 0 Å². The number of halogens is 1. The van der Waals surface area contributed by atoms with Crippen LogP contribution in [-0.2, 0) is 13.0 Å². The number of anilines is 1. The fourth-order valence-electron chi connectivity index (χ4n) is 2.29. The van der Waals surface area contributed by atoms with E-state index >= 15 is 0 Å². The van der Waals surface area contributed by atoms with E-state index in [0.29, 0.717) is 12.3 Å². The maximum Gasteiger partial charge on any atom is 0.105 e. The van der Waals surface area contributed by atoms with Crippen LogP contribution in [0.4, 0.5) is 5.69 Å². The molecular formula is C15H13BrN2. The third-order valence-corrected chi connectivity index (χ3v) is 3.80. The molecule has 0 aliphatic carbocycles. The van der Waals surface area contributed by atoms with Crippen molar-refractivity contribution in [2.24, 2.45) is 0 Å². The molecule has 0 spiro atoms. The van der Waals surface area contributed by atoms with Crippen LogP contribution in [0.1, 0.15) is 11.1 Å². The lowest BCUT2D eigenvalue weighted by atomic mass is 9.98. The van der Waals surface area contributed by atoms with Crippen LogP contribution in [0.2, 0.25) is 0 Å². The number of hydrogen-bond acceptors (Lipinski definition) is 1. The molecule has 2 aromatic carbocycles. The molecule has 1 aliphatic heterocycles. The number of hydrogen-bond donors (Lipinski definition) is 1. The molecule has 0 amide bonds. The van der Waals surface area contributed by atoms with Gasteiger partial charge in [-0.05, 0) is 35.4 Å². The van der Waals surface area contributed by atoms with E-state index in [-0.39, 0.29) is 0 Å². The van der Waals surface area contributed by atoms with Crippen LogP contribution in [0.15, 0.2) is 53.0 Å². The van der Waals surface area contributed by atoms with Gasteiger partial charge in [-0.25, -0.2) is 0 Å². The number of fused-ring (bicyclic) bond motifs is 1. The van der Waals surface area contributed by atoms with Gasteiger partial charge < -0.3 is 4.90 Å². The number of benzene rings is 2. The molecule has 0 bridgehead atoms. The van der Waals surface area contributed by atoms with Gasteiger partial charge in [-0.2, -0.15) is 0 Å². The molecule has 3 heteroatoms. The highest BCUT2D eigenvalue weighted by Gasteiger charge is 2.20. The van der Waals surface area contributed by atoms with Crippen molar-refractivity contribution in [3.63, 3.8) is 0 Å². The summed E-state index contributed by atoms with van der Waals surface area (Å²) in [5.74, 6) is 0.663. The van der Waals surface area contributed by atoms with Crippen molar-refractivity contribution in [1.29, 1.82) is 5.41 Å². The standard InChI is InChI=1S/C15H13BrN2/c16-13-5-7-14(8-6-13)18-10-12-4-2-1-3-11(12)9-15(18)17/h1-8,17H,9-10H2. The van der Waals surface area contributed by atoms with Crippen molar-refractivity contribution in [2.75, 3.05) is 4.90 Å². The summed E-state index contributed by atoms with van der Waals surface area (Å²) >= 11 is 3.44. The van der Waals surface area contributed by atoms with Crippen LogP contribution in [0.25, 0.3) is 0 Å². The Balaban J connectivity index is 1.95. The predicted octanol–water partition coefficient (Wildman–Crippen LogP) is 3.99. The first-order valence-electron chi connectivity index (χ1n) is 5.91. The molecule has 2 nitrogen and oxygen atoms in total. The summed E-state index contributed by atoms with van der Waals surface area (Å²) in [5, 5.41) is 8.18. The van der Waals surface area contributed by atoms with Gasteiger partial charge in [0.2, 0.25) is 0 Å². The lowest BCUT2D eigenvalue weighted by Crippen LogP contribution is -2.35. The van der Waals surface area contributed by atoms with E-state index in [0.717, 1.165) is 16.7 Å². The van der Waals surface area contributed by atoms with Crippen LogP contribution in [0, 0.1) is 5.41 Å². The van der Waals surface area contributed by atoms with Gasteiger partial charge >= 0.3 is 0 Å². The van der Waals surface area contributed by atoms with Crippen molar-refractivity contribution in [3.8, 4) is 0 Å². The second-order valence-corrected chi connectivity index (χ2v) is 5.37. The largest absolute Gasteiger partial charge is 0.326 e. The van der Waals surface area contributed by atoms with Crippen molar-refractivity contribution >= 4 is 27.5 Å². The van der Waals surface area contributed by atoms with Gasteiger partial charge in [0.1, 0.15) is 5.84 Å². The van der Waals surface area contributed by atoms with Crippen molar-refractivity contribution in [1.82, 2.24) is 0 Å². The topological polar surface area (TPSA) is 27.1 Å². The van der Waals surface area contributed by atoms with Gasteiger partial charge in [-0.3, -0.25) is 5.41 Å². The summed E-state index contributed by atoms with van der Waals surface area (Å²) in [5.41, 5.74) is 3.67. The Morgan fingerprint density at radius 3 is 2.33 bits per heavy atom. The fourth-order valence-corrected chi connectivity index (χ4v) is 2.56. The minimum atomic E-state index is 0.663. The highest BCUT2D eigenvalue weighted by atomic mass is 79.9. The Hall–Kier alpha value is -1.61. The summed E-state index contributed by atoms with van der Waals surface area (Å²) in [6, 6.07) is 16.5. The van der Waals surface area contributed by atoms with Gasteiger partial charge in [0.25, 0.3) is 0 Å². The quantitative estimate of drug-likeness (QED) is 0.847. The van der Waals surface area contributed by atoms with E-state index in [1.165, 1.54) is 11.1 Å². The van der Waals surface area contributed by atoms with Gasteiger partial charge in [-0.15, -0.1) is 0 Å². The Morgan fingerprint density at radius 2 is 1.61 bits per heavy atom. The molecule has 90 valence electrons. The van der Waals surface area contributed by atoms with Crippen molar-refractivity contribution < 1.29 is 0 Å². The van der Waals surface area contributed by atoms with Crippen LogP contribution in [0.3, 0.4) is 0 Å². The monoisotopic (exact) mass is 300 g/mol. The Bertz CT molecular complexity index is 590. The van der Waals surface area contributed by atoms with E-state index in [4.69, 9.17) is 5.41 Å². The second-order valence-electron chi connectivity index (χ2n) is 4.45. The first-order valence-corrected chi connectivity index (χ1v) is 6.70. The zero-order valence-corrected chi connectivity index (χ0v) is 11.4. The first kappa shape index (κ1) is 11.5. The normalized spacial score (nSPS) is 14.5. The summed E-state index contributed by atoms with van der Waals surface area (Å²) in [6.07, 6.45) is 0.715. The molecule has 0 radical (unpaired) electrons. The molecule has 0 fully saturated rings. The van der Waals surface area contributed by atoms with Gasteiger partial charge in [0, 0.05) is 23.1 Å². The molecule has 18 heavy (non-hydrogen) atoms. The third-order valence-electron chi connectivity index (χ3n) is 3.27. The highest BCUT2D eigenvalue weighted by Crippen LogP contribution is 2.26. The fraction of sp³-hybridized carbons (Fsp3) is 0.133. The average molecular weight is 301 g/mol. The highest BCUT2D eigenvalue weighted by molar-refractivity contribution is 9.10. The number of amidine groups is 1. The molecule has 1 heterocycles. The number of rotatable bonds is 1. The lowest BCUT2D eigenvalue weighted by molar-refractivity contribution is 0.916. The average Bonchev–Trinajstić information content (AvgIpc) is 2.39. The van der Waals surface area contributed by atoms with E-state index in [1.54, 1.807) is 0 Å². The Kier molecular flexibility index (Phi) is 2.92. The minimum Gasteiger partial charge on any atom is -0.326 e. The van der Waals surface area contributed by atoms with Crippen LogP contribution < -0.4 is 4.90 Å². The SMILES string of the molecule is N=C1Cc2ccccc2CN1c1ccc(Br)cc1. The summed E-state index contributed by atoms with van der Waals surface area (Å²) in [7, 11) is 0. The summed E-state index contributed by atoms with van der Waals surface area (Å²) in [4.78, 5) is 2.06. The smallest absolute Gasteiger partial charge is 0.105 e. The van der Waals surface area contributed by atoms with Crippen LogP contribution >= 0.6 is 15.9 Å². The van der Waals surface area contributed by atoms with Crippen LogP contribution in [-0.4, -0.2) is 5.84 Å². The maximum absolute atomic E-state index is 8.18. The molecule has 3 rings (SSSR count). The molecule has 0 atom stereocenters. The molecule has 2 aromatic rings. The zero-order chi connectivity index (χ0) is 12.5. The minimum absolute atomic E-state index is 0.663. The predicted molar refractivity (Wildman–Crippen MR) is 78.2 cm³/mol. The molecule has 0 saturated carbocycles. The van der Waals surface area contributed by atoms with Gasteiger partial charge in [0.05, 0.1) is 0 Å². The molecular weight excluding hydrogens is 288 g/mol. The maximum atomic E-state index is 8.18. The van der Waals surface area contributed by atoms with Crippen molar-refractivity contribution in [2.45, 2.75) is 13.0 Å².